The van der Waals surface area contributed by atoms with Gasteiger partial charge in [-0.2, -0.15) is 0 Å². The molecule has 2 rings (SSSR count). The molecule has 2 amide bonds. The van der Waals surface area contributed by atoms with Crippen LogP contribution in [0.1, 0.15) is 69.0 Å². The van der Waals surface area contributed by atoms with Gasteiger partial charge in [0.2, 0.25) is 11.8 Å². The first-order valence-corrected chi connectivity index (χ1v) is 10.9. The molecule has 0 saturated carbocycles. The molecule has 0 aliphatic rings. The maximum atomic E-state index is 12.5. The summed E-state index contributed by atoms with van der Waals surface area (Å²) in [5.41, 5.74) is 2.00. The molecule has 0 aliphatic heterocycles. The van der Waals surface area contributed by atoms with E-state index in [1.54, 1.807) is 11.3 Å². The summed E-state index contributed by atoms with van der Waals surface area (Å²) in [4.78, 5) is 25.5. The van der Waals surface area contributed by atoms with Crippen LogP contribution in [0.4, 0.5) is 0 Å². The van der Waals surface area contributed by atoms with Gasteiger partial charge in [-0.15, -0.1) is 11.3 Å². The predicted octanol–water partition coefficient (Wildman–Crippen LogP) is 4.85. The Hall–Kier alpha value is -2.14. The molecule has 152 valence electrons. The highest BCUT2D eigenvalue weighted by Crippen LogP contribution is 2.26. The summed E-state index contributed by atoms with van der Waals surface area (Å²) in [5.74, 6) is 0.0116. The molecule has 0 radical (unpaired) electrons. The minimum atomic E-state index is -0.406. The van der Waals surface area contributed by atoms with E-state index in [2.05, 4.69) is 47.9 Å². The number of aryl methyl sites for hydroxylation is 1. The molecule has 2 N–H and O–H groups in total. The maximum Gasteiger partial charge on any atom is 0.225 e. The zero-order valence-electron chi connectivity index (χ0n) is 17.4. The van der Waals surface area contributed by atoms with E-state index in [-0.39, 0.29) is 17.9 Å². The van der Waals surface area contributed by atoms with Crippen LogP contribution in [0.3, 0.4) is 0 Å². The number of carbonyl (C=O) groups excluding carboxylic acids is 2. The number of amides is 2. The molecule has 0 spiro atoms. The van der Waals surface area contributed by atoms with Crippen LogP contribution in [0.5, 0.6) is 0 Å². The number of nitrogens with one attached hydrogen (secondary N) is 2. The standard InChI is InChI=1S/C23H32N2O2S/c1-5-8-17-11-13-18(14-12-17)21(19-9-7-16-28-19)25-20(26)10-6-15-24-22(27)23(2,3)4/h7,9,11-14,16,21H,5-6,8,10,15H2,1-4H3,(H,24,27)(H,25,26). The molecule has 28 heavy (non-hydrogen) atoms. The summed E-state index contributed by atoms with van der Waals surface area (Å²) in [5, 5.41) is 8.09. The highest BCUT2D eigenvalue weighted by molar-refractivity contribution is 7.10. The minimum absolute atomic E-state index is 0.000965. The van der Waals surface area contributed by atoms with Crippen molar-refractivity contribution in [1.82, 2.24) is 10.6 Å². The molecule has 0 saturated heterocycles. The van der Waals surface area contributed by atoms with Gasteiger partial charge in [-0.3, -0.25) is 9.59 Å². The van der Waals surface area contributed by atoms with Crippen molar-refractivity contribution >= 4 is 23.2 Å². The van der Waals surface area contributed by atoms with E-state index in [1.807, 2.05) is 32.2 Å². The molecular weight excluding hydrogens is 368 g/mol. The van der Waals surface area contributed by atoms with E-state index in [0.29, 0.717) is 19.4 Å². The van der Waals surface area contributed by atoms with E-state index in [1.165, 1.54) is 5.56 Å². The van der Waals surface area contributed by atoms with Crippen molar-refractivity contribution in [3.63, 3.8) is 0 Å². The average Bonchev–Trinajstić information content (AvgIpc) is 3.18. The Bertz CT molecular complexity index is 746. The smallest absolute Gasteiger partial charge is 0.225 e. The second kappa shape index (κ2) is 10.4. The second-order valence-corrected chi connectivity index (χ2v) is 9.10. The maximum absolute atomic E-state index is 12.5. The van der Waals surface area contributed by atoms with E-state index in [9.17, 15) is 9.59 Å². The lowest BCUT2D eigenvalue weighted by molar-refractivity contribution is -0.128. The fourth-order valence-electron chi connectivity index (χ4n) is 2.89. The van der Waals surface area contributed by atoms with Crippen LogP contribution >= 0.6 is 11.3 Å². The number of rotatable bonds is 9. The molecule has 4 nitrogen and oxygen atoms in total. The van der Waals surface area contributed by atoms with Gasteiger partial charge in [-0.1, -0.05) is 64.4 Å². The molecular formula is C23H32N2O2S. The quantitative estimate of drug-likeness (QED) is 0.591. The van der Waals surface area contributed by atoms with Crippen molar-refractivity contribution in [3.05, 3.63) is 57.8 Å². The van der Waals surface area contributed by atoms with Crippen LogP contribution in [0, 0.1) is 5.41 Å². The van der Waals surface area contributed by atoms with Gasteiger partial charge in [0.25, 0.3) is 0 Å². The predicted molar refractivity (Wildman–Crippen MR) is 116 cm³/mol. The number of benzene rings is 1. The highest BCUT2D eigenvalue weighted by Gasteiger charge is 2.21. The first kappa shape index (κ1) is 22.2. The summed E-state index contributed by atoms with van der Waals surface area (Å²) in [7, 11) is 0. The number of hydrogen-bond acceptors (Lipinski definition) is 3. The van der Waals surface area contributed by atoms with Gasteiger partial charge in [0.1, 0.15) is 0 Å². The summed E-state index contributed by atoms with van der Waals surface area (Å²) in [6.07, 6.45) is 3.20. The van der Waals surface area contributed by atoms with E-state index in [0.717, 1.165) is 23.3 Å². The van der Waals surface area contributed by atoms with E-state index in [4.69, 9.17) is 0 Å². The largest absolute Gasteiger partial charge is 0.356 e. The summed E-state index contributed by atoms with van der Waals surface area (Å²) in [6.45, 7) is 8.33. The molecule has 5 heteroatoms. The lowest BCUT2D eigenvalue weighted by atomic mass is 9.96. The molecule has 1 aromatic carbocycles. The van der Waals surface area contributed by atoms with Crippen molar-refractivity contribution in [1.29, 1.82) is 0 Å². The lowest BCUT2D eigenvalue weighted by Crippen LogP contribution is -2.36. The van der Waals surface area contributed by atoms with Crippen molar-refractivity contribution < 1.29 is 9.59 Å². The molecule has 0 bridgehead atoms. The van der Waals surface area contributed by atoms with Gasteiger partial charge in [-0.25, -0.2) is 0 Å². The number of thiophene rings is 1. The Morgan fingerprint density at radius 2 is 1.82 bits per heavy atom. The Labute approximate surface area is 172 Å². The molecule has 1 aromatic heterocycles. The minimum Gasteiger partial charge on any atom is -0.356 e. The Morgan fingerprint density at radius 3 is 2.39 bits per heavy atom. The lowest BCUT2D eigenvalue weighted by Gasteiger charge is -2.19. The van der Waals surface area contributed by atoms with Gasteiger partial charge in [0, 0.05) is 23.3 Å². The molecule has 0 fully saturated rings. The first-order chi connectivity index (χ1) is 13.3. The fraction of sp³-hybridized carbons (Fsp3) is 0.478. The molecule has 1 heterocycles. The average molecular weight is 401 g/mol. The Balaban J connectivity index is 1.94. The Kier molecular flexibility index (Phi) is 8.24. The monoisotopic (exact) mass is 400 g/mol. The third-order valence-electron chi connectivity index (χ3n) is 4.53. The van der Waals surface area contributed by atoms with Gasteiger partial charge in [0.05, 0.1) is 6.04 Å². The number of hydrogen-bond donors (Lipinski definition) is 2. The van der Waals surface area contributed by atoms with E-state index < -0.39 is 5.41 Å². The van der Waals surface area contributed by atoms with Crippen molar-refractivity contribution in [2.75, 3.05) is 6.54 Å². The van der Waals surface area contributed by atoms with Crippen molar-refractivity contribution in [2.45, 2.75) is 59.4 Å². The summed E-state index contributed by atoms with van der Waals surface area (Å²) >= 11 is 1.65. The fourth-order valence-corrected chi connectivity index (χ4v) is 3.69. The zero-order chi connectivity index (χ0) is 20.6. The number of carbonyl (C=O) groups is 2. The van der Waals surface area contributed by atoms with Crippen molar-refractivity contribution in [3.8, 4) is 0 Å². The SMILES string of the molecule is CCCc1ccc(C(NC(=O)CCCNC(=O)C(C)(C)C)c2cccs2)cc1. The van der Waals surface area contributed by atoms with Gasteiger partial charge < -0.3 is 10.6 Å². The third-order valence-corrected chi connectivity index (χ3v) is 5.47. The highest BCUT2D eigenvalue weighted by atomic mass is 32.1. The zero-order valence-corrected chi connectivity index (χ0v) is 18.2. The molecule has 1 unspecified atom stereocenters. The Morgan fingerprint density at radius 1 is 1.11 bits per heavy atom. The normalized spacial score (nSPS) is 12.4. The van der Waals surface area contributed by atoms with Gasteiger partial charge in [-0.05, 0) is 35.4 Å². The van der Waals surface area contributed by atoms with E-state index >= 15 is 0 Å². The van der Waals surface area contributed by atoms with Crippen LogP contribution in [-0.2, 0) is 16.0 Å². The molecule has 2 aromatic rings. The van der Waals surface area contributed by atoms with Gasteiger partial charge >= 0.3 is 0 Å². The summed E-state index contributed by atoms with van der Waals surface area (Å²) in [6, 6.07) is 12.4. The summed E-state index contributed by atoms with van der Waals surface area (Å²) < 4.78 is 0. The first-order valence-electron chi connectivity index (χ1n) is 10.0. The third kappa shape index (κ3) is 6.79. The van der Waals surface area contributed by atoms with Crippen LogP contribution in [-0.4, -0.2) is 18.4 Å². The van der Waals surface area contributed by atoms with Crippen LogP contribution in [0.15, 0.2) is 41.8 Å². The second-order valence-electron chi connectivity index (χ2n) is 8.12. The molecule has 0 aliphatic carbocycles. The van der Waals surface area contributed by atoms with Crippen LogP contribution in [0.25, 0.3) is 0 Å². The van der Waals surface area contributed by atoms with Crippen molar-refractivity contribution in [2.24, 2.45) is 5.41 Å². The topological polar surface area (TPSA) is 58.2 Å². The molecule has 1 atom stereocenters. The van der Waals surface area contributed by atoms with Crippen LogP contribution < -0.4 is 10.6 Å². The van der Waals surface area contributed by atoms with Crippen LogP contribution in [0.2, 0.25) is 0 Å². The van der Waals surface area contributed by atoms with Gasteiger partial charge in [0.15, 0.2) is 0 Å².